The van der Waals surface area contributed by atoms with E-state index in [1.54, 1.807) is 0 Å². The summed E-state index contributed by atoms with van der Waals surface area (Å²) in [6, 6.07) is 0. The molecule has 0 aromatic heterocycles. The van der Waals surface area contributed by atoms with Crippen LogP contribution in [-0.4, -0.2) is 17.9 Å². The van der Waals surface area contributed by atoms with Gasteiger partial charge in [-0.1, -0.05) is 156 Å². The van der Waals surface area contributed by atoms with Crippen LogP contribution in [0.3, 0.4) is 0 Å². The summed E-state index contributed by atoms with van der Waals surface area (Å²) < 4.78 is 0. The van der Waals surface area contributed by atoms with Crippen LogP contribution in [0.1, 0.15) is 194 Å². The summed E-state index contributed by atoms with van der Waals surface area (Å²) in [5.74, 6) is -2.73. The minimum Gasteiger partial charge on any atom is -0.550 e. The fourth-order valence-corrected chi connectivity index (χ4v) is 4.21. The van der Waals surface area contributed by atoms with Crippen molar-refractivity contribution < 1.29 is 65.3 Å². The SMILES string of the molecule is CCCCCCCCCCC(=O)[O-].CCCCCCCCCCC(=O)[O-].CCCCCCCCCCC(=O)[O-].[La+3]. The summed E-state index contributed by atoms with van der Waals surface area (Å²) in [5, 5.41) is 30.2. The van der Waals surface area contributed by atoms with Crippen molar-refractivity contribution in [1.82, 2.24) is 0 Å². The Kier molecular flexibility index (Phi) is 50.1. The maximum absolute atomic E-state index is 10.1. The predicted octanol–water partition coefficient (Wildman–Crippen LogP) is 6.80. The van der Waals surface area contributed by atoms with E-state index in [0.29, 0.717) is 0 Å². The number of carbonyl (C=O) groups excluding carboxylic acids is 3. The van der Waals surface area contributed by atoms with Crippen LogP contribution in [-0.2, 0) is 14.4 Å². The Hall–Kier alpha value is -0.395. The van der Waals surface area contributed by atoms with E-state index in [1.807, 2.05) is 0 Å². The number of carboxylic acid groups (broad SMARTS) is 3. The molecule has 0 spiro atoms. The first kappa shape index (κ1) is 46.6. The number of hydrogen-bond donors (Lipinski definition) is 0. The van der Waals surface area contributed by atoms with E-state index in [2.05, 4.69) is 20.8 Å². The van der Waals surface area contributed by atoms with Crippen molar-refractivity contribution >= 4 is 17.9 Å². The van der Waals surface area contributed by atoms with E-state index in [9.17, 15) is 29.7 Å². The van der Waals surface area contributed by atoms with Gasteiger partial charge in [0.15, 0.2) is 0 Å². The molecule has 0 N–H and O–H groups in total. The van der Waals surface area contributed by atoms with Crippen LogP contribution in [0.15, 0.2) is 0 Å². The molecule has 234 valence electrons. The third kappa shape index (κ3) is 57.5. The molecular weight excluding hydrogens is 631 g/mol. The normalized spacial score (nSPS) is 9.97. The van der Waals surface area contributed by atoms with Gasteiger partial charge in [0.25, 0.3) is 0 Å². The van der Waals surface area contributed by atoms with Gasteiger partial charge in [-0.05, 0) is 38.5 Å². The summed E-state index contributed by atoms with van der Waals surface area (Å²) in [7, 11) is 0. The van der Waals surface area contributed by atoms with Crippen LogP contribution in [0.4, 0.5) is 0 Å². The first-order valence-electron chi connectivity index (χ1n) is 16.4. The first-order valence-corrected chi connectivity index (χ1v) is 16.4. The maximum atomic E-state index is 10.1. The van der Waals surface area contributed by atoms with Gasteiger partial charge in [-0.2, -0.15) is 0 Å². The molecule has 0 radical (unpaired) electrons. The molecule has 0 aliphatic rings. The number of carbonyl (C=O) groups is 3. The van der Waals surface area contributed by atoms with Crippen molar-refractivity contribution in [3.63, 3.8) is 0 Å². The second-order valence-corrected chi connectivity index (χ2v) is 10.8. The van der Waals surface area contributed by atoms with Crippen LogP contribution >= 0.6 is 0 Å². The zero-order valence-corrected chi connectivity index (χ0v) is 30.2. The van der Waals surface area contributed by atoms with E-state index in [4.69, 9.17) is 0 Å². The molecule has 0 rings (SSSR count). The van der Waals surface area contributed by atoms with Crippen LogP contribution in [0.5, 0.6) is 0 Å². The van der Waals surface area contributed by atoms with E-state index < -0.39 is 17.9 Å². The minimum atomic E-state index is -0.911. The zero-order valence-electron chi connectivity index (χ0n) is 26.6. The molecule has 0 fully saturated rings. The molecule has 0 aliphatic carbocycles. The van der Waals surface area contributed by atoms with E-state index >= 15 is 0 Å². The molecule has 0 heterocycles. The molecule has 0 amide bonds. The molecule has 6 nitrogen and oxygen atoms in total. The minimum absolute atomic E-state index is 0. The average molecular weight is 695 g/mol. The predicted molar refractivity (Wildman–Crippen MR) is 157 cm³/mol. The molecule has 40 heavy (non-hydrogen) atoms. The molecule has 0 unspecified atom stereocenters. The number of carboxylic acids is 3. The number of hydrogen-bond acceptors (Lipinski definition) is 6. The molecule has 0 atom stereocenters. The Morgan fingerprint density at radius 2 is 0.475 bits per heavy atom. The van der Waals surface area contributed by atoms with Gasteiger partial charge >= 0.3 is 35.6 Å². The van der Waals surface area contributed by atoms with Gasteiger partial charge in [-0.3, -0.25) is 0 Å². The Labute approximate surface area is 275 Å². The second kappa shape index (κ2) is 43.1. The summed E-state index contributed by atoms with van der Waals surface area (Å²) in [5.41, 5.74) is 0. The van der Waals surface area contributed by atoms with Gasteiger partial charge in [-0.25, -0.2) is 0 Å². The summed E-state index contributed by atoms with van der Waals surface area (Å²) in [6.45, 7) is 6.62. The molecule has 0 bridgehead atoms. The Balaban J connectivity index is -0.000000240. The van der Waals surface area contributed by atoms with Gasteiger partial charge in [0.05, 0.1) is 0 Å². The Morgan fingerprint density at radius 3 is 0.625 bits per heavy atom. The summed E-state index contributed by atoms with van der Waals surface area (Å²) in [6.07, 6.45) is 29.2. The van der Waals surface area contributed by atoms with Crippen molar-refractivity contribution in [2.45, 2.75) is 194 Å². The molecular formula is C33H63LaO6. The van der Waals surface area contributed by atoms with Crippen LogP contribution in [0.25, 0.3) is 0 Å². The van der Waals surface area contributed by atoms with Gasteiger partial charge in [0, 0.05) is 17.9 Å². The first-order chi connectivity index (χ1) is 18.8. The van der Waals surface area contributed by atoms with Crippen molar-refractivity contribution in [3.05, 3.63) is 0 Å². The smallest absolute Gasteiger partial charge is 0.550 e. The molecule has 7 heteroatoms. The van der Waals surface area contributed by atoms with Crippen LogP contribution in [0.2, 0.25) is 0 Å². The van der Waals surface area contributed by atoms with Gasteiger partial charge in [0.1, 0.15) is 0 Å². The molecule has 0 aromatic rings. The zero-order chi connectivity index (χ0) is 29.8. The van der Waals surface area contributed by atoms with Crippen molar-refractivity contribution in [2.75, 3.05) is 0 Å². The largest absolute Gasteiger partial charge is 3.00 e. The third-order valence-corrected chi connectivity index (χ3v) is 6.70. The van der Waals surface area contributed by atoms with Gasteiger partial charge < -0.3 is 29.7 Å². The maximum Gasteiger partial charge on any atom is 3.00 e. The van der Waals surface area contributed by atoms with Gasteiger partial charge in [-0.15, -0.1) is 0 Å². The molecule has 0 aromatic carbocycles. The standard InChI is InChI=1S/3C11H22O2.La/c3*1-2-3-4-5-6-7-8-9-10-11(12)13;/h3*2-10H2,1H3,(H,12,13);/q;;;+3/p-3. The molecule has 0 saturated carbocycles. The van der Waals surface area contributed by atoms with Crippen LogP contribution in [0, 0.1) is 35.6 Å². The van der Waals surface area contributed by atoms with Crippen molar-refractivity contribution in [3.8, 4) is 0 Å². The molecule has 0 saturated heterocycles. The van der Waals surface area contributed by atoms with E-state index in [1.165, 1.54) is 116 Å². The Morgan fingerprint density at radius 1 is 0.325 bits per heavy atom. The summed E-state index contributed by atoms with van der Waals surface area (Å²) >= 11 is 0. The topological polar surface area (TPSA) is 120 Å². The number of rotatable bonds is 27. The molecule has 0 aliphatic heterocycles. The van der Waals surface area contributed by atoms with Crippen molar-refractivity contribution in [2.24, 2.45) is 0 Å². The van der Waals surface area contributed by atoms with Gasteiger partial charge in [0.2, 0.25) is 0 Å². The third-order valence-electron chi connectivity index (χ3n) is 6.70. The second-order valence-electron chi connectivity index (χ2n) is 10.8. The van der Waals surface area contributed by atoms with Crippen LogP contribution < -0.4 is 15.3 Å². The van der Waals surface area contributed by atoms with E-state index in [0.717, 1.165) is 38.5 Å². The number of aliphatic carboxylic acids is 3. The van der Waals surface area contributed by atoms with Crippen molar-refractivity contribution in [1.29, 1.82) is 0 Å². The Bertz CT molecular complexity index is 442. The van der Waals surface area contributed by atoms with E-state index in [-0.39, 0.29) is 54.9 Å². The monoisotopic (exact) mass is 694 g/mol. The number of unbranched alkanes of at least 4 members (excludes halogenated alkanes) is 21. The summed E-state index contributed by atoms with van der Waals surface area (Å²) in [4.78, 5) is 30.2. The quantitative estimate of drug-likeness (QED) is 0.0873. The average Bonchev–Trinajstić information content (AvgIpc) is 2.89. The fourth-order valence-electron chi connectivity index (χ4n) is 4.21. The fraction of sp³-hybridized carbons (Fsp3) is 0.909.